The van der Waals surface area contributed by atoms with E-state index in [1.807, 2.05) is 43.3 Å². The number of hydrazone groups is 1. The zero-order valence-corrected chi connectivity index (χ0v) is 18.8. The molecule has 0 fully saturated rings. The van der Waals surface area contributed by atoms with Crippen LogP contribution in [0.2, 0.25) is 0 Å². The van der Waals surface area contributed by atoms with Gasteiger partial charge in [-0.25, -0.2) is 5.01 Å². The molecule has 5 aromatic rings. The number of thioether (sulfide) groups is 1. The van der Waals surface area contributed by atoms with E-state index in [4.69, 9.17) is 17.7 Å². The van der Waals surface area contributed by atoms with Crippen LogP contribution in [0.3, 0.4) is 0 Å². The van der Waals surface area contributed by atoms with E-state index >= 15 is 0 Å². The lowest BCUT2D eigenvalue weighted by molar-refractivity contribution is -0.130. The number of carbonyl (C=O) groups excluding carboxylic acids is 1. The molecule has 10 heteroatoms. The van der Waals surface area contributed by atoms with Crippen molar-refractivity contribution in [3.05, 3.63) is 78.3 Å². The van der Waals surface area contributed by atoms with E-state index in [-0.39, 0.29) is 17.7 Å². The van der Waals surface area contributed by atoms with Gasteiger partial charge in [-0.2, -0.15) is 5.10 Å². The molecule has 0 N–H and O–H groups in total. The van der Waals surface area contributed by atoms with Gasteiger partial charge in [0.1, 0.15) is 28.9 Å². The van der Waals surface area contributed by atoms with Crippen molar-refractivity contribution in [2.75, 3.05) is 5.75 Å². The number of carbonyl (C=O) groups is 1. The Balaban J connectivity index is 1.22. The summed E-state index contributed by atoms with van der Waals surface area (Å²) in [7, 11) is 0. The van der Waals surface area contributed by atoms with Crippen LogP contribution in [0.5, 0.6) is 0 Å². The predicted molar refractivity (Wildman–Crippen MR) is 123 cm³/mol. The number of aryl methyl sites for hydroxylation is 1. The Morgan fingerprint density at radius 3 is 2.79 bits per heavy atom. The highest BCUT2D eigenvalue weighted by Crippen LogP contribution is 2.35. The summed E-state index contributed by atoms with van der Waals surface area (Å²) in [6.45, 7) is 1.82. The van der Waals surface area contributed by atoms with E-state index in [1.54, 1.807) is 24.7 Å². The van der Waals surface area contributed by atoms with Crippen molar-refractivity contribution in [1.29, 1.82) is 0 Å². The number of aromatic nitrogens is 2. The van der Waals surface area contributed by atoms with Crippen molar-refractivity contribution in [2.24, 2.45) is 5.10 Å². The van der Waals surface area contributed by atoms with E-state index in [9.17, 15) is 4.79 Å². The van der Waals surface area contributed by atoms with Crippen LogP contribution < -0.4 is 0 Å². The van der Waals surface area contributed by atoms with Gasteiger partial charge in [0.2, 0.25) is 0 Å². The average Bonchev–Trinajstić information content (AvgIpc) is 3.65. The molecule has 1 aromatic carbocycles. The Kier molecular flexibility index (Phi) is 5.06. The van der Waals surface area contributed by atoms with Crippen LogP contribution in [0, 0.1) is 6.92 Å². The third kappa shape index (κ3) is 3.71. The number of rotatable bonds is 6. The van der Waals surface area contributed by atoms with Gasteiger partial charge >= 0.3 is 0 Å². The standard InChI is InChI=1S/C24H18N4O5S/c1-14-16(8-10-30-14)23-25-26-24(33-23)34-13-22(29)28-18(20-7-4-9-31-20)12-17(27-28)21-11-15-5-2-3-6-19(15)32-21/h2-11,18H,12-13H2,1H3. The van der Waals surface area contributed by atoms with Gasteiger partial charge in [-0.15, -0.1) is 10.2 Å². The van der Waals surface area contributed by atoms with Gasteiger partial charge in [-0.1, -0.05) is 30.0 Å². The number of para-hydroxylation sites is 1. The molecular weight excluding hydrogens is 456 g/mol. The second kappa shape index (κ2) is 8.38. The smallest absolute Gasteiger partial charge is 0.277 e. The van der Waals surface area contributed by atoms with Crippen molar-refractivity contribution < 1.29 is 22.5 Å². The molecule has 1 amide bonds. The van der Waals surface area contributed by atoms with Gasteiger partial charge in [-0.3, -0.25) is 4.79 Å². The highest BCUT2D eigenvalue weighted by Gasteiger charge is 2.36. The maximum absolute atomic E-state index is 13.2. The molecule has 6 rings (SSSR count). The van der Waals surface area contributed by atoms with Gasteiger partial charge in [-0.05, 0) is 37.3 Å². The number of hydrogen-bond donors (Lipinski definition) is 0. The molecule has 0 radical (unpaired) electrons. The first-order valence-electron chi connectivity index (χ1n) is 10.6. The van der Waals surface area contributed by atoms with Crippen LogP contribution in [0.1, 0.15) is 29.7 Å². The predicted octanol–water partition coefficient (Wildman–Crippen LogP) is 5.45. The van der Waals surface area contributed by atoms with Crippen LogP contribution >= 0.6 is 11.8 Å². The number of fused-ring (bicyclic) bond motifs is 1. The number of furan rings is 3. The van der Waals surface area contributed by atoms with Crippen molar-refractivity contribution in [3.8, 4) is 11.5 Å². The maximum atomic E-state index is 13.2. The lowest BCUT2D eigenvalue weighted by Gasteiger charge is -2.19. The van der Waals surface area contributed by atoms with Crippen molar-refractivity contribution in [2.45, 2.75) is 24.6 Å². The molecule has 0 spiro atoms. The Hall–Kier alpha value is -4.05. The van der Waals surface area contributed by atoms with Gasteiger partial charge in [0.05, 0.1) is 23.8 Å². The van der Waals surface area contributed by atoms with Crippen LogP contribution in [0.4, 0.5) is 0 Å². The van der Waals surface area contributed by atoms with Gasteiger partial charge in [0, 0.05) is 11.8 Å². The number of hydrogen-bond acceptors (Lipinski definition) is 9. The molecule has 0 bridgehead atoms. The highest BCUT2D eigenvalue weighted by molar-refractivity contribution is 7.99. The number of benzene rings is 1. The maximum Gasteiger partial charge on any atom is 0.277 e. The normalized spacial score (nSPS) is 15.9. The third-order valence-electron chi connectivity index (χ3n) is 5.56. The van der Waals surface area contributed by atoms with Crippen molar-refractivity contribution in [3.63, 3.8) is 0 Å². The number of nitrogens with zero attached hydrogens (tertiary/aromatic N) is 4. The van der Waals surface area contributed by atoms with E-state index in [0.29, 0.717) is 40.5 Å². The Bertz CT molecular complexity index is 1460. The summed E-state index contributed by atoms with van der Waals surface area (Å²) in [6.07, 6.45) is 3.63. The van der Waals surface area contributed by atoms with Gasteiger partial charge in [0.25, 0.3) is 17.0 Å². The molecule has 1 aliphatic rings. The first kappa shape index (κ1) is 20.5. The summed E-state index contributed by atoms with van der Waals surface area (Å²) in [4.78, 5) is 13.2. The van der Waals surface area contributed by atoms with E-state index < -0.39 is 0 Å². The number of amides is 1. The first-order valence-corrected chi connectivity index (χ1v) is 11.6. The lowest BCUT2D eigenvalue weighted by Crippen LogP contribution is -2.28. The first-order chi connectivity index (χ1) is 16.7. The summed E-state index contributed by atoms with van der Waals surface area (Å²) in [6, 6.07) is 14.7. The molecule has 0 aliphatic carbocycles. The summed E-state index contributed by atoms with van der Waals surface area (Å²) in [5.41, 5.74) is 2.18. The fourth-order valence-corrected chi connectivity index (χ4v) is 4.50. The van der Waals surface area contributed by atoms with Gasteiger partial charge < -0.3 is 17.7 Å². The Morgan fingerprint density at radius 2 is 2.00 bits per heavy atom. The Labute approximate surface area is 197 Å². The minimum Gasteiger partial charge on any atom is -0.469 e. The highest BCUT2D eigenvalue weighted by atomic mass is 32.2. The monoisotopic (exact) mass is 474 g/mol. The average molecular weight is 474 g/mol. The molecule has 4 aromatic heterocycles. The van der Waals surface area contributed by atoms with Gasteiger partial charge in [0.15, 0.2) is 5.76 Å². The zero-order chi connectivity index (χ0) is 23.1. The van der Waals surface area contributed by atoms with E-state index in [0.717, 1.165) is 28.3 Å². The topological polar surface area (TPSA) is 111 Å². The molecule has 34 heavy (non-hydrogen) atoms. The molecule has 1 unspecified atom stereocenters. The fourth-order valence-electron chi connectivity index (χ4n) is 3.89. The molecule has 0 saturated heterocycles. The van der Waals surface area contributed by atoms with Crippen LogP contribution in [0.25, 0.3) is 22.4 Å². The molecule has 5 heterocycles. The molecule has 9 nitrogen and oxygen atoms in total. The van der Waals surface area contributed by atoms with Crippen LogP contribution in [-0.4, -0.2) is 32.6 Å². The summed E-state index contributed by atoms with van der Waals surface area (Å²) in [5, 5.41) is 15.4. The van der Waals surface area contributed by atoms with E-state index in [1.165, 1.54) is 5.01 Å². The molecule has 170 valence electrons. The van der Waals surface area contributed by atoms with Crippen LogP contribution in [0.15, 0.2) is 89.1 Å². The molecule has 0 saturated carbocycles. The van der Waals surface area contributed by atoms with E-state index in [2.05, 4.69) is 15.3 Å². The second-order valence-corrected chi connectivity index (χ2v) is 8.65. The molecular formula is C24H18N4O5S. The third-order valence-corrected chi connectivity index (χ3v) is 6.37. The SMILES string of the molecule is Cc1occc1-c1nnc(SCC(=O)N2N=C(c3cc4ccccc4o3)CC2c2ccco2)o1. The lowest BCUT2D eigenvalue weighted by atomic mass is 10.1. The van der Waals surface area contributed by atoms with Crippen LogP contribution in [-0.2, 0) is 4.79 Å². The fraction of sp³-hybridized carbons (Fsp3) is 0.167. The summed E-state index contributed by atoms with van der Waals surface area (Å²) in [5.74, 6) is 2.18. The second-order valence-electron chi connectivity index (χ2n) is 7.72. The Morgan fingerprint density at radius 1 is 1.09 bits per heavy atom. The quantitative estimate of drug-likeness (QED) is 0.299. The summed E-state index contributed by atoms with van der Waals surface area (Å²) < 4.78 is 22.5. The minimum absolute atomic E-state index is 0.0696. The van der Waals surface area contributed by atoms with Crippen molar-refractivity contribution >= 4 is 34.3 Å². The largest absolute Gasteiger partial charge is 0.469 e. The van der Waals surface area contributed by atoms with Crippen molar-refractivity contribution in [1.82, 2.24) is 15.2 Å². The summed E-state index contributed by atoms with van der Waals surface area (Å²) >= 11 is 1.15. The minimum atomic E-state index is -0.363. The zero-order valence-electron chi connectivity index (χ0n) is 18.0. The molecule has 1 atom stereocenters. The molecule has 1 aliphatic heterocycles.